The number of carbonyl (C=O) groups excluding carboxylic acids is 2. The summed E-state index contributed by atoms with van der Waals surface area (Å²) in [5.41, 5.74) is 2.45. The fourth-order valence-electron chi connectivity index (χ4n) is 2.55. The molecule has 5 heteroatoms. The van der Waals surface area contributed by atoms with Crippen molar-refractivity contribution in [1.82, 2.24) is 0 Å². The van der Waals surface area contributed by atoms with Gasteiger partial charge in [-0.2, -0.15) is 0 Å². The Kier molecular flexibility index (Phi) is 4.57. The molecule has 1 aliphatic heterocycles. The van der Waals surface area contributed by atoms with E-state index in [1.165, 1.54) is 7.11 Å². The van der Waals surface area contributed by atoms with Crippen molar-refractivity contribution in [3.8, 4) is 11.5 Å². The summed E-state index contributed by atoms with van der Waals surface area (Å²) in [4.78, 5) is 23.9. The molecule has 1 atom stereocenters. The van der Waals surface area contributed by atoms with E-state index in [1.807, 2.05) is 31.2 Å². The van der Waals surface area contributed by atoms with Gasteiger partial charge in [-0.1, -0.05) is 24.3 Å². The predicted molar refractivity (Wildman–Crippen MR) is 92.7 cm³/mol. The third-order valence-corrected chi connectivity index (χ3v) is 3.96. The summed E-state index contributed by atoms with van der Waals surface area (Å²) in [5, 5.41) is 0. The van der Waals surface area contributed by atoms with E-state index < -0.39 is 12.1 Å². The Morgan fingerprint density at radius 2 is 1.96 bits per heavy atom. The van der Waals surface area contributed by atoms with Crippen LogP contribution in [0, 0.1) is 6.92 Å². The highest BCUT2D eigenvalue weighted by Gasteiger charge is 2.28. The molecule has 128 valence electrons. The van der Waals surface area contributed by atoms with Crippen LogP contribution in [0.4, 0.5) is 0 Å². The predicted octanol–water partition coefficient (Wildman–Crippen LogP) is 3.55. The van der Waals surface area contributed by atoms with Gasteiger partial charge in [-0.05, 0) is 43.2 Å². The SMILES string of the molecule is COC(=O)[C@@H](C)Oc1ccc2c(c1)O/C(=C\c1ccccc1C)C2=O. The zero-order valence-corrected chi connectivity index (χ0v) is 14.2. The summed E-state index contributed by atoms with van der Waals surface area (Å²) in [6, 6.07) is 12.6. The minimum absolute atomic E-state index is 0.175. The molecular weight excluding hydrogens is 320 g/mol. The molecule has 0 unspecified atom stereocenters. The van der Waals surface area contributed by atoms with E-state index in [9.17, 15) is 9.59 Å². The van der Waals surface area contributed by atoms with Gasteiger partial charge in [-0.3, -0.25) is 4.79 Å². The number of carbonyl (C=O) groups is 2. The van der Waals surface area contributed by atoms with Gasteiger partial charge in [0.15, 0.2) is 11.9 Å². The molecule has 0 fully saturated rings. The van der Waals surface area contributed by atoms with Gasteiger partial charge < -0.3 is 14.2 Å². The van der Waals surface area contributed by atoms with Gasteiger partial charge >= 0.3 is 5.97 Å². The summed E-state index contributed by atoms with van der Waals surface area (Å²) in [6.07, 6.45) is 0.983. The largest absolute Gasteiger partial charge is 0.479 e. The number of methoxy groups -OCH3 is 1. The van der Waals surface area contributed by atoms with E-state index in [2.05, 4.69) is 4.74 Å². The topological polar surface area (TPSA) is 61.8 Å². The van der Waals surface area contributed by atoms with Crippen molar-refractivity contribution < 1.29 is 23.8 Å². The standard InChI is InChI=1S/C20H18O5/c1-12-6-4-5-7-14(12)10-18-19(21)16-9-8-15(11-17(16)25-18)24-13(2)20(22)23-3/h4-11,13H,1-3H3/b18-10-/t13-/m1/s1. The normalized spacial score (nSPS) is 15.5. The molecule has 0 aromatic heterocycles. The molecule has 0 aliphatic carbocycles. The molecular formula is C20H18O5. The second-order valence-corrected chi connectivity index (χ2v) is 5.74. The van der Waals surface area contributed by atoms with Crippen LogP contribution in [0.15, 0.2) is 48.2 Å². The third kappa shape index (κ3) is 3.40. The van der Waals surface area contributed by atoms with Gasteiger partial charge in [-0.25, -0.2) is 4.79 Å². The van der Waals surface area contributed by atoms with Crippen LogP contribution < -0.4 is 9.47 Å². The highest BCUT2D eigenvalue weighted by Crippen LogP contribution is 2.35. The van der Waals surface area contributed by atoms with Gasteiger partial charge in [-0.15, -0.1) is 0 Å². The van der Waals surface area contributed by atoms with Crippen molar-refractivity contribution in [2.75, 3.05) is 7.11 Å². The second-order valence-electron chi connectivity index (χ2n) is 5.74. The van der Waals surface area contributed by atoms with E-state index in [0.717, 1.165) is 11.1 Å². The van der Waals surface area contributed by atoms with Crippen molar-refractivity contribution >= 4 is 17.8 Å². The average Bonchev–Trinajstić information content (AvgIpc) is 2.91. The number of ether oxygens (including phenoxy) is 3. The number of Topliss-reactive ketones (excluding diaryl/α,β-unsaturated/α-hetero) is 1. The maximum Gasteiger partial charge on any atom is 0.346 e. The number of fused-ring (bicyclic) bond motifs is 1. The van der Waals surface area contributed by atoms with Crippen molar-refractivity contribution in [1.29, 1.82) is 0 Å². The Morgan fingerprint density at radius 1 is 1.20 bits per heavy atom. The smallest absolute Gasteiger partial charge is 0.346 e. The quantitative estimate of drug-likeness (QED) is 0.630. The fraction of sp³-hybridized carbons (Fsp3) is 0.200. The van der Waals surface area contributed by atoms with E-state index in [0.29, 0.717) is 17.1 Å². The Balaban J connectivity index is 1.84. The molecule has 0 radical (unpaired) electrons. The van der Waals surface area contributed by atoms with Crippen molar-refractivity contribution in [2.24, 2.45) is 0 Å². The highest BCUT2D eigenvalue weighted by atomic mass is 16.6. The maximum atomic E-state index is 12.5. The van der Waals surface area contributed by atoms with Crippen molar-refractivity contribution in [2.45, 2.75) is 20.0 Å². The zero-order valence-electron chi connectivity index (χ0n) is 14.2. The van der Waals surface area contributed by atoms with Crippen LogP contribution in [-0.4, -0.2) is 25.0 Å². The Labute approximate surface area is 145 Å². The van der Waals surface area contributed by atoms with Crippen LogP contribution in [0.1, 0.15) is 28.4 Å². The monoisotopic (exact) mass is 338 g/mol. The number of rotatable bonds is 4. The van der Waals surface area contributed by atoms with Crippen molar-refractivity contribution in [3.05, 3.63) is 64.9 Å². The molecule has 0 bridgehead atoms. The molecule has 0 N–H and O–H groups in total. The van der Waals surface area contributed by atoms with Crippen LogP contribution in [0.25, 0.3) is 6.08 Å². The summed E-state index contributed by atoms with van der Waals surface area (Å²) in [7, 11) is 1.30. The van der Waals surface area contributed by atoms with Crippen LogP contribution >= 0.6 is 0 Å². The van der Waals surface area contributed by atoms with Gasteiger partial charge in [0.25, 0.3) is 0 Å². The number of aryl methyl sites for hydroxylation is 1. The van der Waals surface area contributed by atoms with Gasteiger partial charge in [0, 0.05) is 6.07 Å². The van der Waals surface area contributed by atoms with E-state index in [1.54, 1.807) is 31.2 Å². The van der Waals surface area contributed by atoms with Gasteiger partial charge in [0.2, 0.25) is 5.78 Å². The minimum atomic E-state index is -0.748. The van der Waals surface area contributed by atoms with Crippen molar-refractivity contribution in [3.63, 3.8) is 0 Å². The lowest BCUT2D eigenvalue weighted by Crippen LogP contribution is -2.24. The molecule has 1 heterocycles. The first kappa shape index (κ1) is 16.8. The number of allylic oxidation sites excluding steroid dienone is 1. The zero-order chi connectivity index (χ0) is 18.0. The third-order valence-electron chi connectivity index (χ3n) is 3.96. The average molecular weight is 338 g/mol. The summed E-state index contributed by atoms with van der Waals surface area (Å²) >= 11 is 0. The van der Waals surface area contributed by atoms with E-state index in [-0.39, 0.29) is 11.5 Å². The van der Waals surface area contributed by atoms with Gasteiger partial charge in [0.1, 0.15) is 11.5 Å². The van der Waals surface area contributed by atoms with Crippen LogP contribution in [0.3, 0.4) is 0 Å². The lowest BCUT2D eigenvalue weighted by atomic mass is 10.1. The summed E-state index contributed by atoms with van der Waals surface area (Å²) in [6.45, 7) is 3.56. The Hall–Kier alpha value is -3.08. The minimum Gasteiger partial charge on any atom is -0.479 e. The molecule has 25 heavy (non-hydrogen) atoms. The fourth-order valence-corrected chi connectivity index (χ4v) is 2.55. The van der Waals surface area contributed by atoms with Gasteiger partial charge in [0.05, 0.1) is 12.7 Å². The molecule has 1 aliphatic rings. The first-order valence-corrected chi connectivity index (χ1v) is 7.88. The van der Waals surface area contributed by atoms with Crippen LogP contribution in [0.2, 0.25) is 0 Å². The molecule has 3 rings (SSSR count). The lowest BCUT2D eigenvalue weighted by molar-refractivity contribution is -0.147. The number of hydrogen-bond donors (Lipinski definition) is 0. The number of ketones is 1. The number of benzene rings is 2. The van der Waals surface area contributed by atoms with E-state index >= 15 is 0 Å². The Bertz CT molecular complexity index is 866. The molecule has 2 aromatic rings. The van der Waals surface area contributed by atoms with Crippen LogP contribution in [0.5, 0.6) is 11.5 Å². The summed E-state index contributed by atoms with van der Waals surface area (Å²) < 4.78 is 15.8. The lowest BCUT2D eigenvalue weighted by Gasteiger charge is -2.12. The highest BCUT2D eigenvalue weighted by molar-refractivity contribution is 6.14. The first-order chi connectivity index (χ1) is 12.0. The summed E-state index contributed by atoms with van der Waals surface area (Å²) in [5.74, 6) is 0.465. The molecule has 0 saturated heterocycles. The molecule has 2 aromatic carbocycles. The van der Waals surface area contributed by atoms with E-state index in [4.69, 9.17) is 9.47 Å². The number of esters is 1. The Morgan fingerprint density at radius 3 is 2.68 bits per heavy atom. The molecule has 0 spiro atoms. The first-order valence-electron chi connectivity index (χ1n) is 7.88. The molecule has 5 nitrogen and oxygen atoms in total. The maximum absolute atomic E-state index is 12.5. The molecule has 0 amide bonds. The molecule has 0 saturated carbocycles. The van der Waals surface area contributed by atoms with Crippen LogP contribution in [-0.2, 0) is 9.53 Å². The second kappa shape index (κ2) is 6.81. The number of hydrogen-bond acceptors (Lipinski definition) is 5.